The number of carbonyl (C=O) groups is 2. The van der Waals surface area contributed by atoms with Crippen LogP contribution in [0.1, 0.15) is 10.4 Å². The van der Waals surface area contributed by atoms with E-state index in [0.717, 1.165) is 6.54 Å². The summed E-state index contributed by atoms with van der Waals surface area (Å²) >= 11 is 0. The zero-order valence-corrected chi connectivity index (χ0v) is 11.1. The van der Waals surface area contributed by atoms with Crippen molar-refractivity contribution in [1.82, 2.24) is 15.5 Å². The molecular weight excluding hydrogens is 249 g/mol. The van der Waals surface area contributed by atoms with Crippen LogP contribution in [0.25, 0.3) is 0 Å². The molecule has 2 N–H and O–H groups in total. The van der Waals surface area contributed by atoms with E-state index in [1.807, 2.05) is 19.0 Å². The molecular formula is C13H18FN3O2. The topological polar surface area (TPSA) is 61.4 Å². The number of nitrogens with zero attached hydrogens (tertiary/aromatic N) is 1. The van der Waals surface area contributed by atoms with Crippen LogP contribution < -0.4 is 10.6 Å². The number of likely N-dealkylation sites (N-methyl/N-ethyl adjacent to an activating group) is 1. The van der Waals surface area contributed by atoms with Gasteiger partial charge in [0.1, 0.15) is 5.82 Å². The third-order valence-electron chi connectivity index (χ3n) is 2.40. The highest BCUT2D eigenvalue weighted by Gasteiger charge is 2.07. The van der Waals surface area contributed by atoms with E-state index in [9.17, 15) is 14.0 Å². The summed E-state index contributed by atoms with van der Waals surface area (Å²) in [6.45, 7) is 1.17. The monoisotopic (exact) mass is 267 g/mol. The van der Waals surface area contributed by atoms with Gasteiger partial charge in [-0.1, -0.05) is 0 Å². The first kappa shape index (κ1) is 15.1. The SMILES string of the molecule is CN(C)CCNC(=O)CNC(=O)c1ccc(F)cc1. The fraction of sp³-hybridized carbons (Fsp3) is 0.385. The van der Waals surface area contributed by atoms with Crippen LogP contribution in [-0.2, 0) is 4.79 Å². The molecule has 6 heteroatoms. The summed E-state index contributed by atoms with van der Waals surface area (Å²) in [6, 6.07) is 5.14. The van der Waals surface area contributed by atoms with Gasteiger partial charge in [0.05, 0.1) is 6.54 Å². The molecule has 1 aromatic carbocycles. The molecule has 0 saturated heterocycles. The van der Waals surface area contributed by atoms with Gasteiger partial charge >= 0.3 is 0 Å². The maximum Gasteiger partial charge on any atom is 0.251 e. The maximum atomic E-state index is 12.7. The van der Waals surface area contributed by atoms with E-state index in [1.165, 1.54) is 24.3 Å². The van der Waals surface area contributed by atoms with Gasteiger partial charge in [-0.25, -0.2) is 4.39 Å². The molecule has 0 saturated carbocycles. The number of halogens is 1. The van der Waals surface area contributed by atoms with Crippen LogP contribution >= 0.6 is 0 Å². The van der Waals surface area contributed by atoms with Gasteiger partial charge in [-0.2, -0.15) is 0 Å². The minimum absolute atomic E-state index is 0.0936. The Kier molecular flexibility index (Phi) is 5.95. The van der Waals surface area contributed by atoms with Crippen LogP contribution in [0.3, 0.4) is 0 Å². The Labute approximate surface area is 111 Å². The Morgan fingerprint density at radius 3 is 2.37 bits per heavy atom. The van der Waals surface area contributed by atoms with Crippen LogP contribution in [0.15, 0.2) is 24.3 Å². The zero-order valence-electron chi connectivity index (χ0n) is 11.1. The molecule has 0 radical (unpaired) electrons. The Morgan fingerprint density at radius 1 is 1.16 bits per heavy atom. The lowest BCUT2D eigenvalue weighted by Gasteiger charge is -2.10. The highest BCUT2D eigenvalue weighted by atomic mass is 19.1. The van der Waals surface area contributed by atoms with Gasteiger partial charge in [-0.3, -0.25) is 9.59 Å². The van der Waals surface area contributed by atoms with Crippen LogP contribution in [-0.4, -0.2) is 50.4 Å². The van der Waals surface area contributed by atoms with Crippen molar-refractivity contribution in [2.24, 2.45) is 0 Å². The van der Waals surface area contributed by atoms with Crippen molar-refractivity contribution in [2.45, 2.75) is 0 Å². The van der Waals surface area contributed by atoms with Crippen molar-refractivity contribution in [3.05, 3.63) is 35.6 Å². The summed E-state index contributed by atoms with van der Waals surface area (Å²) in [5.74, 6) is -1.06. The second-order valence-electron chi connectivity index (χ2n) is 4.34. The van der Waals surface area contributed by atoms with E-state index < -0.39 is 11.7 Å². The first-order chi connectivity index (χ1) is 8.99. The zero-order chi connectivity index (χ0) is 14.3. The summed E-state index contributed by atoms with van der Waals surface area (Å²) in [4.78, 5) is 25.0. The molecule has 1 rings (SSSR count). The molecule has 104 valence electrons. The molecule has 0 unspecified atom stereocenters. The van der Waals surface area contributed by atoms with Gasteiger partial charge in [0.25, 0.3) is 5.91 Å². The fourth-order valence-corrected chi connectivity index (χ4v) is 1.35. The Balaban J connectivity index is 2.30. The molecule has 0 aliphatic heterocycles. The smallest absolute Gasteiger partial charge is 0.251 e. The number of amides is 2. The predicted molar refractivity (Wildman–Crippen MR) is 70.3 cm³/mol. The first-order valence-corrected chi connectivity index (χ1v) is 5.94. The highest BCUT2D eigenvalue weighted by Crippen LogP contribution is 2.01. The van der Waals surface area contributed by atoms with Crippen molar-refractivity contribution < 1.29 is 14.0 Å². The molecule has 0 fully saturated rings. The average molecular weight is 267 g/mol. The van der Waals surface area contributed by atoms with E-state index in [-0.39, 0.29) is 12.5 Å². The normalized spacial score (nSPS) is 10.3. The molecule has 0 bridgehead atoms. The number of rotatable bonds is 6. The van der Waals surface area contributed by atoms with Crippen molar-refractivity contribution in [3.8, 4) is 0 Å². The maximum absolute atomic E-state index is 12.7. The van der Waals surface area contributed by atoms with Crippen LogP contribution in [0, 0.1) is 5.82 Å². The van der Waals surface area contributed by atoms with Gasteiger partial charge in [-0.05, 0) is 38.4 Å². The molecule has 2 amide bonds. The molecule has 0 aromatic heterocycles. The van der Waals surface area contributed by atoms with E-state index in [0.29, 0.717) is 12.1 Å². The number of carbonyl (C=O) groups excluding carboxylic acids is 2. The minimum Gasteiger partial charge on any atom is -0.353 e. The molecule has 0 heterocycles. The van der Waals surface area contributed by atoms with Crippen molar-refractivity contribution in [2.75, 3.05) is 33.7 Å². The number of benzene rings is 1. The lowest BCUT2D eigenvalue weighted by molar-refractivity contribution is -0.120. The second kappa shape index (κ2) is 7.48. The van der Waals surface area contributed by atoms with E-state index in [2.05, 4.69) is 10.6 Å². The molecule has 0 spiro atoms. The van der Waals surface area contributed by atoms with Gasteiger partial charge < -0.3 is 15.5 Å². The Bertz CT molecular complexity index is 432. The van der Waals surface area contributed by atoms with Gasteiger partial charge in [0.2, 0.25) is 5.91 Å². The van der Waals surface area contributed by atoms with Gasteiger partial charge in [0.15, 0.2) is 0 Å². The molecule has 1 aromatic rings. The number of hydrogen-bond acceptors (Lipinski definition) is 3. The summed E-state index contributed by atoms with van der Waals surface area (Å²) < 4.78 is 12.7. The van der Waals surface area contributed by atoms with Crippen LogP contribution in [0.2, 0.25) is 0 Å². The van der Waals surface area contributed by atoms with Gasteiger partial charge in [0, 0.05) is 18.7 Å². The quantitative estimate of drug-likeness (QED) is 0.776. The lowest BCUT2D eigenvalue weighted by Crippen LogP contribution is -2.39. The third-order valence-corrected chi connectivity index (χ3v) is 2.40. The third kappa shape index (κ3) is 5.96. The highest BCUT2D eigenvalue weighted by molar-refractivity contribution is 5.96. The van der Waals surface area contributed by atoms with Crippen LogP contribution in [0.4, 0.5) is 4.39 Å². The molecule has 0 aliphatic rings. The Morgan fingerprint density at radius 2 is 1.79 bits per heavy atom. The van der Waals surface area contributed by atoms with E-state index >= 15 is 0 Å². The van der Waals surface area contributed by atoms with E-state index in [1.54, 1.807) is 0 Å². The number of nitrogens with one attached hydrogen (secondary N) is 2. The minimum atomic E-state index is -0.405. The predicted octanol–water partition coefficient (Wildman–Crippen LogP) is 0.233. The molecule has 5 nitrogen and oxygen atoms in total. The summed E-state index contributed by atoms with van der Waals surface area (Å²) in [5.41, 5.74) is 0.322. The lowest BCUT2D eigenvalue weighted by atomic mass is 10.2. The van der Waals surface area contributed by atoms with E-state index in [4.69, 9.17) is 0 Å². The number of hydrogen-bond donors (Lipinski definition) is 2. The van der Waals surface area contributed by atoms with Crippen molar-refractivity contribution in [3.63, 3.8) is 0 Å². The van der Waals surface area contributed by atoms with Crippen LogP contribution in [0.5, 0.6) is 0 Å². The second-order valence-corrected chi connectivity index (χ2v) is 4.34. The summed E-state index contributed by atoms with van der Waals surface area (Å²) in [5, 5.41) is 5.14. The van der Waals surface area contributed by atoms with Crippen molar-refractivity contribution >= 4 is 11.8 Å². The molecule has 0 aliphatic carbocycles. The average Bonchev–Trinajstić information content (AvgIpc) is 2.36. The molecule has 0 atom stereocenters. The Hall–Kier alpha value is -1.95. The first-order valence-electron chi connectivity index (χ1n) is 5.94. The largest absolute Gasteiger partial charge is 0.353 e. The van der Waals surface area contributed by atoms with Gasteiger partial charge in [-0.15, -0.1) is 0 Å². The summed E-state index contributed by atoms with van der Waals surface area (Å²) in [6.07, 6.45) is 0. The molecule has 19 heavy (non-hydrogen) atoms. The fourth-order valence-electron chi connectivity index (χ4n) is 1.35. The van der Waals surface area contributed by atoms with Crippen molar-refractivity contribution in [1.29, 1.82) is 0 Å². The standard InChI is InChI=1S/C13H18FN3O2/c1-17(2)8-7-15-12(18)9-16-13(19)10-3-5-11(14)6-4-10/h3-6H,7-9H2,1-2H3,(H,15,18)(H,16,19). The summed E-state index contributed by atoms with van der Waals surface area (Å²) in [7, 11) is 3.81.